The predicted molar refractivity (Wildman–Crippen MR) is 68.7 cm³/mol. The fourth-order valence-corrected chi connectivity index (χ4v) is 1.89. The van der Waals surface area contributed by atoms with Gasteiger partial charge in [0.2, 0.25) is 0 Å². The molecule has 0 saturated heterocycles. The second-order valence-electron chi connectivity index (χ2n) is 4.15. The second-order valence-corrected chi connectivity index (χ2v) is 4.41. The van der Waals surface area contributed by atoms with Crippen molar-refractivity contribution in [3.63, 3.8) is 0 Å². The van der Waals surface area contributed by atoms with Crippen LogP contribution in [0.3, 0.4) is 0 Å². The van der Waals surface area contributed by atoms with E-state index in [4.69, 9.17) is 16.9 Å². The minimum atomic E-state index is -0.291. The van der Waals surface area contributed by atoms with E-state index in [1.54, 1.807) is 0 Å². The SMILES string of the molecule is CC(C)N(CCC#N)c1cc(F)cc(CCl)c1. The van der Waals surface area contributed by atoms with Gasteiger partial charge in [-0.15, -0.1) is 11.6 Å². The standard InChI is InChI=1S/C13H16ClFN2/c1-10(2)17(5-3-4-16)13-7-11(9-14)6-12(15)8-13/h6-8,10H,3,5,9H2,1-2H3. The number of rotatable bonds is 5. The maximum Gasteiger partial charge on any atom is 0.125 e. The number of alkyl halides is 1. The monoisotopic (exact) mass is 254 g/mol. The molecule has 0 aliphatic rings. The summed E-state index contributed by atoms with van der Waals surface area (Å²) in [5.74, 6) is -0.00431. The Labute approximate surface area is 107 Å². The smallest absolute Gasteiger partial charge is 0.125 e. The van der Waals surface area contributed by atoms with Crippen molar-refractivity contribution in [2.24, 2.45) is 0 Å². The van der Waals surface area contributed by atoms with Crippen LogP contribution in [0.2, 0.25) is 0 Å². The van der Waals surface area contributed by atoms with Crippen molar-refractivity contribution in [1.29, 1.82) is 5.26 Å². The summed E-state index contributed by atoms with van der Waals surface area (Å²) in [6, 6.07) is 7.10. The first-order valence-electron chi connectivity index (χ1n) is 5.57. The van der Waals surface area contributed by atoms with Crippen LogP contribution in [-0.2, 0) is 5.88 Å². The van der Waals surface area contributed by atoms with Gasteiger partial charge in [0.1, 0.15) is 5.82 Å². The Morgan fingerprint density at radius 3 is 2.65 bits per heavy atom. The second kappa shape index (κ2) is 6.46. The molecular weight excluding hydrogens is 239 g/mol. The molecule has 0 saturated carbocycles. The first-order valence-corrected chi connectivity index (χ1v) is 6.11. The molecule has 92 valence electrons. The van der Waals surface area contributed by atoms with Crippen LogP contribution in [0.4, 0.5) is 10.1 Å². The molecule has 0 heterocycles. The third-order valence-electron chi connectivity index (χ3n) is 2.52. The highest BCUT2D eigenvalue weighted by atomic mass is 35.5. The van der Waals surface area contributed by atoms with Crippen LogP contribution in [-0.4, -0.2) is 12.6 Å². The van der Waals surface area contributed by atoms with E-state index in [0.29, 0.717) is 13.0 Å². The first-order chi connectivity index (χ1) is 8.08. The van der Waals surface area contributed by atoms with Gasteiger partial charge in [0.15, 0.2) is 0 Å². The van der Waals surface area contributed by atoms with Crippen LogP contribution in [0.15, 0.2) is 18.2 Å². The highest BCUT2D eigenvalue weighted by Gasteiger charge is 2.12. The van der Waals surface area contributed by atoms with Crippen LogP contribution < -0.4 is 4.90 Å². The zero-order valence-corrected chi connectivity index (χ0v) is 10.8. The summed E-state index contributed by atoms with van der Waals surface area (Å²) >= 11 is 5.72. The predicted octanol–water partition coefficient (Wildman–Crippen LogP) is 3.69. The van der Waals surface area contributed by atoms with Crippen LogP contribution in [0.1, 0.15) is 25.8 Å². The Balaban J connectivity index is 3.01. The molecule has 0 bridgehead atoms. The van der Waals surface area contributed by atoms with E-state index in [1.807, 2.05) is 24.8 Å². The van der Waals surface area contributed by atoms with E-state index < -0.39 is 0 Å². The van der Waals surface area contributed by atoms with Crippen LogP contribution in [0, 0.1) is 17.1 Å². The molecule has 0 atom stereocenters. The molecular formula is C13H16ClFN2. The first kappa shape index (κ1) is 13.8. The van der Waals surface area contributed by atoms with E-state index in [-0.39, 0.29) is 17.7 Å². The van der Waals surface area contributed by atoms with Gasteiger partial charge >= 0.3 is 0 Å². The van der Waals surface area contributed by atoms with E-state index in [2.05, 4.69) is 6.07 Å². The Morgan fingerprint density at radius 1 is 1.41 bits per heavy atom. The van der Waals surface area contributed by atoms with E-state index in [0.717, 1.165) is 11.3 Å². The van der Waals surface area contributed by atoms with Crippen molar-refractivity contribution < 1.29 is 4.39 Å². The summed E-state index contributed by atoms with van der Waals surface area (Å²) in [6.07, 6.45) is 0.422. The molecule has 0 spiro atoms. The molecule has 0 unspecified atom stereocenters. The lowest BCUT2D eigenvalue weighted by Gasteiger charge is -2.28. The van der Waals surface area contributed by atoms with Gasteiger partial charge in [-0.2, -0.15) is 5.26 Å². The summed E-state index contributed by atoms with van der Waals surface area (Å²) in [5.41, 5.74) is 1.54. The van der Waals surface area contributed by atoms with Crippen LogP contribution in [0.25, 0.3) is 0 Å². The summed E-state index contributed by atoms with van der Waals surface area (Å²) in [4.78, 5) is 2.00. The molecule has 17 heavy (non-hydrogen) atoms. The Kier molecular flexibility index (Phi) is 5.24. The van der Waals surface area contributed by atoms with Gasteiger partial charge in [-0.3, -0.25) is 0 Å². The Hall–Kier alpha value is -1.27. The van der Waals surface area contributed by atoms with E-state index in [1.165, 1.54) is 12.1 Å². The number of nitrogens with zero attached hydrogens (tertiary/aromatic N) is 2. The molecule has 2 nitrogen and oxygen atoms in total. The molecule has 0 N–H and O–H groups in total. The largest absolute Gasteiger partial charge is 0.368 e. The number of anilines is 1. The van der Waals surface area contributed by atoms with Gasteiger partial charge < -0.3 is 4.90 Å². The highest BCUT2D eigenvalue weighted by molar-refractivity contribution is 6.17. The van der Waals surface area contributed by atoms with Crippen LogP contribution in [0.5, 0.6) is 0 Å². The molecule has 0 amide bonds. The lowest BCUT2D eigenvalue weighted by Crippen LogP contribution is -2.31. The average Bonchev–Trinajstić information content (AvgIpc) is 2.28. The third-order valence-corrected chi connectivity index (χ3v) is 2.82. The van der Waals surface area contributed by atoms with E-state index in [9.17, 15) is 4.39 Å². The zero-order chi connectivity index (χ0) is 12.8. The van der Waals surface area contributed by atoms with Crippen molar-refractivity contribution in [1.82, 2.24) is 0 Å². The molecule has 0 aliphatic heterocycles. The van der Waals surface area contributed by atoms with Gasteiger partial charge in [0.25, 0.3) is 0 Å². The van der Waals surface area contributed by atoms with Gasteiger partial charge in [-0.25, -0.2) is 4.39 Å². The molecule has 1 aromatic rings. The lowest BCUT2D eigenvalue weighted by atomic mass is 10.1. The van der Waals surface area contributed by atoms with Gasteiger partial charge in [-0.1, -0.05) is 0 Å². The summed E-state index contributed by atoms with van der Waals surface area (Å²) in [7, 11) is 0. The van der Waals surface area contributed by atoms with Gasteiger partial charge in [0.05, 0.1) is 12.5 Å². The van der Waals surface area contributed by atoms with Crippen LogP contribution >= 0.6 is 11.6 Å². The molecule has 0 aliphatic carbocycles. The lowest BCUT2D eigenvalue weighted by molar-refractivity contribution is 0.621. The normalized spacial score (nSPS) is 10.4. The van der Waals surface area contributed by atoms with Crippen molar-refractivity contribution in [2.45, 2.75) is 32.2 Å². The molecule has 0 fully saturated rings. The number of nitriles is 1. The molecule has 1 rings (SSSR count). The van der Waals surface area contributed by atoms with Gasteiger partial charge in [0, 0.05) is 24.2 Å². The molecule has 0 aromatic heterocycles. The molecule has 4 heteroatoms. The summed E-state index contributed by atoms with van der Waals surface area (Å²) < 4.78 is 13.4. The number of benzene rings is 1. The minimum Gasteiger partial charge on any atom is -0.368 e. The number of halogens is 2. The topological polar surface area (TPSA) is 27.0 Å². The average molecular weight is 255 g/mol. The van der Waals surface area contributed by atoms with Crippen molar-refractivity contribution in [3.8, 4) is 6.07 Å². The Morgan fingerprint density at radius 2 is 2.12 bits per heavy atom. The quantitative estimate of drug-likeness (QED) is 0.750. The fraction of sp³-hybridized carbons (Fsp3) is 0.462. The summed E-state index contributed by atoms with van der Waals surface area (Å²) in [6.45, 7) is 4.63. The maximum absolute atomic E-state index is 13.4. The highest BCUT2D eigenvalue weighted by Crippen LogP contribution is 2.22. The minimum absolute atomic E-state index is 0.216. The van der Waals surface area contributed by atoms with Crippen molar-refractivity contribution in [3.05, 3.63) is 29.6 Å². The Bertz CT molecular complexity index is 412. The van der Waals surface area contributed by atoms with Crippen molar-refractivity contribution in [2.75, 3.05) is 11.4 Å². The molecule has 1 aromatic carbocycles. The maximum atomic E-state index is 13.4. The summed E-state index contributed by atoms with van der Waals surface area (Å²) in [5, 5.41) is 8.63. The van der Waals surface area contributed by atoms with Crippen molar-refractivity contribution >= 4 is 17.3 Å². The third kappa shape index (κ3) is 3.90. The fourth-order valence-electron chi connectivity index (χ4n) is 1.73. The van der Waals surface area contributed by atoms with E-state index >= 15 is 0 Å². The number of hydrogen-bond donors (Lipinski definition) is 0. The zero-order valence-electron chi connectivity index (χ0n) is 10.1. The number of hydrogen-bond acceptors (Lipinski definition) is 2. The van der Waals surface area contributed by atoms with Gasteiger partial charge in [-0.05, 0) is 37.6 Å². The molecule has 0 radical (unpaired) electrons.